The molecule has 0 spiro atoms. The molecule has 2 aromatic rings. The van der Waals surface area contributed by atoms with Crippen molar-refractivity contribution < 1.29 is 50.3 Å². The molecule has 2 aromatic carbocycles. The van der Waals surface area contributed by atoms with E-state index in [1.165, 1.54) is 24.3 Å². The Morgan fingerprint density at radius 1 is 1.24 bits per heavy atom. The lowest BCUT2D eigenvalue weighted by Crippen LogP contribution is -2.43. The fraction of sp³-hybridized carbons (Fsp3) is 0.552. The fourth-order valence-corrected chi connectivity index (χ4v) is 5.51. The van der Waals surface area contributed by atoms with Crippen LogP contribution in [0.2, 0.25) is 0 Å². The monoisotopic (exact) mass is 558 g/mol. The molecule has 0 aliphatic carbocycles. The summed E-state index contributed by atoms with van der Waals surface area (Å²) in [5.74, 6) is -8.90. The molecule has 0 radical (unpaired) electrons. The molecule has 2 aliphatic rings. The van der Waals surface area contributed by atoms with E-state index in [0.717, 1.165) is 6.92 Å². The Morgan fingerprint density at radius 3 is 2.68 bits per heavy atom. The molecule has 0 aromatic heterocycles. The van der Waals surface area contributed by atoms with Crippen LogP contribution in [0, 0.1) is 24.6 Å². The Morgan fingerprint density at radius 2 is 1.97 bits per heavy atom. The summed E-state index contributed by atoms with van der Waals surface area (Å²) >= 11 is 0. The highest BCUT2D eigenvalue weighted by molar-refractivity contribution is 7.89. The zero-order chi connectivity index (χ0) is 38.9. The van der Waals surface area contributed by atoms with Crippen LogP contribution in [-0.2, 0) is 35.4 Å². The first kappa shape index (κ1) is 16.1. The zero-order valence-electron chi connectivity index (χ0n) is 33.9. The van der Waals surface area contributed by atoms with Crippen molar-refractivity contribution in [3.8, 4) is 0 Å². The molecule has 8 nitrogen and oxygen atoms in total. The standard InChI is InChI=1S/C29H39NO7S/c1-20(2)17-30(38(33,34)24-11-9-21(3)10-12-24)18-26(31)23(15-22-7-5-4-6-8-22)16-28(32)37-27-19-36-29-25(27)13-14-35-29/h4-12,20,23,25-27,29,31H,13-19H2,1-3H3/t23-,25+,26-,27+,29-/m1/s1/i1D3,13D2,14D2,19D2,20D,25D,27D,29D/t20?,23-,25+,26-,27+,29-. The SMILES string of the molecule is [2H]C([2H])([2H])C([2H])(C)CN(C[C@@H](O)[C@@H](CC(=O)O[C@@]1([2H])C([2H])([2H])O[C@@]2([2H])OC([2H])([2H])C([2H])([2H])[C@]21[2H])Cc1ccccc1)S(=O)(=O)c1ccc(C)cc1. The normalized spacial score (nSPS) is 39.6. The van der Waals surface area contributed by atoms with E-state index in [1.807, 2.05) is 0 Å². The molecule has 0 amide bonds. The summed E-state index contributed by atoms with van der Waals surface area (Å²) in [6, 6.07) is 13.7. The zero-order valence-corrected chi connectivity index (χ0v) is 21.7. The predicted octanol–water partition coefficient (Wildman–Crippen LogP) is 3.56. The second-order valence-electron chi connectivity index (χ2n) is 9.11. The number of ether oxygens (including phenoxy) is 3. The maximum absolute atomic E-state index is 13.9. The van der Waals surface area contributed by atoms with E-state index >= 15 is 0 Å². The molecule has 2 heterocycles. The Labute approximate surface area is 244 Å². The van der Waals surface area contributed by atoms with E-state index in [1.54, 1.807) is 37.3 Å². The minimum atomic E-state index is -4.58. The Hall–Kier alpha value is -2.30. The van der Waals surface area contributed by atoms with Crippen LogP contribution in [0.25, 0.3) is 0 Å². The van der Waals surface area contributed by atoms with Crippen molar-refractivity contribution in [3.63, 3.8) is 0 Å². The molecule has 0 bridgehead atoms. The van der Waals surface area contributed by atoms with Gasteiger partial charge in [-0.2, -0.15) is 4.31 Å². The summed E-state index contributed by atoms with van der Waals surface area (Å²) in [5, 5.41) is 11.6. The molecule has 2 saturated heterocycles. The third kappa shape index (κ3) is 7.21. The molecule has 4 rings (SSSR count). The van der Waals surface area contributed by atoms with Crippen LogP contribution in [0.3, 0.4) is 0 Å². The summed E-state index contributed by atoms with van der Waals surface area (Å²) < 4.78 is 149. The number of aliphatic hydroxyl groups excluding tert-OH is 1. The van der Waals surface area contributed by atoms with Gasteiger partial charge in [0.15, 0.2) is 6.27 Å². The number of rotatable bonds is 12. The number of carbonyl (C=O) groups excluding carboxylic acids is 1. The lowest BCUT2D eigenvalue weighted by atomic mass is 9.90. The maximum atomic E-state index is 13.9. The van der Waals surface area contributed by atoms with Gasteiger partial charge < -0.3 is 19.3 Å². The van der Waals surface area contributed by atoms with Crippen molar-refractivity contribution in [1.29, 1.82) is 0 Å². The van der Waals surface area contributed by atoms with Gasteiger partial charge in [-0.15, -0.1) is 0 Å². The van der Waals surface area contributed by atoms with Crippen molar-refractivity contribution in [2.24, 2.45) is 17.7 Å². The maximum Gasteiger partial charge on any atom is 0.306 e. The predicted molar refractivity (Wildman–Crippen MR) is 143 cm³/mol. The molecule has 2 aliphatic heterocycles. The van der Waals surface area contributed by atoms with Crippen LogP contribution in [0.1, 0.15) is 55.5 Å². The molecule has 0 saturated carbocycles. The molecule has 208 valence electrons. The first-order valence-corrected chi connectivity index (χ1v) is 13.3. The second-order valence-corrected chi connectivity index (χ2v) is 11.0. The van der Waals surface area contributed by atoms with Crippen molar-refractivity contribution in [2.75, 3.05) is 26.2 Å². The van der Waals surface area contributed by atoms with Crippen LogP contribution in [0.4, 0.5) is 0 Å². The highest BCUT2D eigenvalue weighted by atomic mass is 32.2. The summed E-state index contributed by atoms with van der Waals surface area (Å²) in [5.41, 5.74) is 1.22. The average molecular weight is 559 g/mol. The number of esters is 1. The topological polar surface area (TPSA) is 102 Å². The van der Waals surface area contributed by atoms with Gasteiger partial charge in [0.05, 0.1) is 44.7 Å². The first-order valence-electron chi connectivity index (χ1n) is 18.4. The number of benzene rings is 2. The third-order valence-corrected chi connectivity index (χ3v) is 7.81. The number of hydrogen-bond acceptors (Lipinski definition) is 7. The molecule has 1 unspecified atom stereocenters. The number of nitrogens with zero attached hydrogens (tertiary/aromatic N) is 1. The Kier molecular flexibility index (Phi) is 5.38. The van der Waals surface area contributed by atoms with E-state index in [0.29, 0.717) is 15.4 Å². The van der Waals surface area contributed by atoms with E-state index in [4.69, 9.17) is 27.3 Å². The highest BCUT2D eigenvalue weighted by Gasteiger charge is 2.44. The summed E-state index contributed by atoms with van der Waals surface area (Å²) in [7, 11) is -4.58. The number of hydrogen-bond donors (Lipinski definition) is 1. The summed E-state index contributed by atoms with van der Waals surface area (Å²) in [4.78, 5) is 13.3. The molecule has 9 heteroatoms. The van der Waals surface area contributed by atoms with Gasteiger partial charge in [-0.1, -0.05) is 61.8 Å². The van der Waals surface area contributed by atoms with Crippen LogP contribution < -0.4 is 0 Å². The average Bonchev–Trinajstić information content (AvgIpc) is 3.17. The quantitative estimate of drug-likeness (QED) is 0.398. The molecule has 1 N–H and O–H groups in total. The smallest absolute Gasteiger partial charge is 0.306 e. The first-order chi connectivity index (χ1) is 23.0. The lowest BCUT2D eigenvalue weighted by molar-refractivity contribution is -0.153. The van der Waals surface area contributed by atoms with Crippen LogP contribution in [-0.4, -0.2) is 68.5 Å². The van der Waals surface area contributed by atoms with Crippen molar-refractivity contribution in [3.05, 3.63) is 65.7 Å². The van der Waals surface area contributed by atoms with E-state index < -0.39 is 98.0 Å². The third-order valence-electron chi connectivity index (χ3n) is 5.98. The van der Waals surface area contributed by atoms with Gasteiger partial charge >= 0.3 is 5.97 Å². The van der Waals surface area contributed by atoms with Crippen LogP contribution in [0.5, 0.6) is 0 Å². The van der Waals surface area contributed by atoms with E-state index in [-0.39, 0.29) is 11.3 Å². The number of aliphatic hydroxyl groups is 1. The van der Waals surface area contributed by atoms with E-state index in [9.17, 15) is 18.3 Å². The van der Waals surface area contributed by atoms with Gasteiger partial charge in [0.1, 0.15) is 6.08 Å². The number of sulfonamides is 1. The molecule has 38 heavy (non-hydrogen) atoms. The highest BCUT2D eigenvalue weighted by Crippen LogP contribution is 2.33. The number of carbonyl (C=O) groups is 1. The van der Waals surface area contributed by atoms with Crippen molar-refractivity contribution in [2.45, 2.75) is 63.3 Å². The number of fused-ring (bicyclic) bond motifs is 1. The molecular weight excluding hydrogens is 506 g/mol. The van der Waals surface area contributed by atoms with Crippen LogP contribution >= 0.6 is 0 Å². The summed E-state index contributed by atoms with van der Waals surface area (Å²) in [6.45, 7) is -9.10. The Balaban J connectivity index is 1.71. The van der Waals surface area contributed by atoms with Gasteiger partial charge in [-0.3, -0.25) is 4.79 Å². The number of aryl methyl sites for hydroxylation is 1. The van der Waals surface area contributed by atoms with Gasteiger partial charge in [-0.05, 0) is 43.3 Å². The summed E-state index contributed by atoms with van der Waals surface area (Å²) in [6.07, 6.45) is -13.8. The minimum Gasteiger partial charge on any atom is -0.459 e. The second kappa shape index (κ2) is 12.7. The van der Waals surface area contributed by atoms with E-state index in [2.05, 4.69) is 4.74 Å². The molecule has 6 atom stereocenters. The Bertz CT molecular complexity index is 1710. The van der Waals surface area contributed by atoms with Gasteiger partial charge in [0.25, 0.3) is 0 Å². The lowest BCUT2D eigenvalue weighted by Gasteiger charge is -2.30. The molecular formula is C29H39NO7S. The van der Waals surface area contributed by atoms with Gasteiger partial charge in [-0.25, -0.2) is 8.42 Å². The van der Waals surface area contributed by atoms with Crippen molar-refractivity contribution >= 4 is 16.0 Å². The fourth-order valence-electron chi connectivity index (χ4n) is 4.02. The van der Waals surface area contributed by atoms with Crippen LogP contribution in [0.15, 0.2) is 59.5 Å². The van der Waals surface area contributed by atoms with Crippen molar-refractivity contribution in [1.82, 2.24) is 4.31 Å². The van der Waals surface area contributed by atoms with Gasteiger partial charge in [0, 0.05) is 28.6 Å². The molecule has 2 fully saturated rings. The largest absolute Gasteiger partial charge is 0.459 e. The minimum absolute atomic E-state index is 0.178. The van der Waals surface area contributed by atoms with Gasteiger partial charge in [0.2, 0.25) is 10.0 Å².